The highest BCUT2D eigenvalue weighted by atomic mass is 15.3. The highest BCUT2D eigenvalue weighted by Crippen LogP contribution is 2.36. The van der Waals surface area contributed by atoms with Crippen LogP contribution in [-0.2, 0) is 0 Å². The lowest BCUT2D eigenvalue weighted by molar-refractivity contribution is 0.00530. The van der Waals surface area contributed by atoms with Crippen LogP contribution in [0.15, 0.2) is 0 Å². The molecule has 0 aromatic carbocycles. The molecule has 1 aliphatic carbocycles. The van der Waals surface area contributed by atoms with Gasteiger partial charge >= 0.3 is 0 Å². The number of hydrogen-bond acceptors (Lipinski definition) is 3. The van der Waals surface area contributed by atoms with Crippen molar-refractivity contribution in [3.05, 3.63) is 0 Å². The van der Waals surface area contributed by atoms with E-state index in [4.69, 9.17) is 5.73 Å². The van der Waals surface area contributed by atoms with Crippen molar-refractivity contribution in [2.45, 2.75) is 51.5 Å². The van der Waals surface area contributed by atoms with E-state index in [1.54, 1.807) is 0 Å². The van der Waals surface area contributed by atoms with Crippen molar-refractivity contribution >= 4 is 0 Å². The topological polar surface area (TPSA) is 32.5 Å². The lowest BCUT2D eigenvalue weighted by Gasteiger charge is -2.50. The van der Waals surface area contributed by atoms with Gasteiger partial charge in [-0.05, 0) is 44.6 Å². The van der Waals surface area contributed by atoms with Crippen LogP contribution in [0.2, 0.25) is 0 Å². The van der Waals surface area contributed by atoms with Gasteiger partial charge in [-0.3, -0.25) is 4.90 Å². The Balaban J connectivity index is 1.90. The molecule has 0 aromatic rings. The number of nitrogens with zero attached hydrogens (tertiary/aromatic N) is 2. The molecule has 1 saturated heterocycles. The molecule has 0 spiro atoms. The van der Waals surface area contributed by atoms with Crippen LogP contribution in [0.4, 0.5) is 0 Å². The molecule has 2 N–H and O–H groups in total. The van der Waals surface area contributed by atoms with E-state index in [1.807, 2.05) is 0 Å². The molecule has 0 atom stereocenters. The number of hydrogen-bond donors (Lipinski definition) is 1. The average Bonchev–Trinajstić information content (AvgIpc) is 2.42. The maximum Gasteiger partial charge on any atom is 0.0333 e. The van der Waals surface area contributed by atoms with Gasteiger partial charge < -0.3 is 10.6 Å². The predicted molar refractivity (Wildman–Crippen MR) is 77.7 cm³/mol. The first-order valence-corrected chi connectivity index (χ1v) is 7.87. The Kier molecular flexibility index (Phi) is 5.05. The van der Waals surface area contributed by atoms with Crippen LogP contribution < -0.4 is 5.73 Å². The second kappa shape index (κ2) is 6.36. The van der Waals surface area contributed by atoms with Crippen LogP contribution in [-0.4, -0.2) is 54.6 Å². The SMILES string of the molecule is CCCN1CCN(C2(CN)CCC(C)CC2)CC1. The van der Waals surface area contributed by atoms with E-state index in [9.17, 15) is 0 Å². The van der Waals surface area contributed by atoms with Crippen molar-refractivity contribution in [1.82, 2.24) is 9.80 Å². The predicted octanol–water partition coefficient (Wildman–Crippen LogP) is 1.92. The molecule has 3 nitrogen and oxygen atoms in total. The van der Waals surface area contributed by atoms with Gasteiger partial charge in [-0.25, -0.2) is 0 Å². The standard InChI is InChI=1S/C15H31N3/c1-3-8-17-9-11-18(12-10-17)15(13-16)6-4-14(2)5-7-15/h14H,3-13,16H2,1-2H3. The molecule has 3 heteroatoms. The summed E-state index contributed by atoms with van der Waals surface area (Å²) in [6, 6.07) is 0. The minimum absolute atomic E-state index is 0.338. The van der Waals surface area contributed by atoms with Crippen LogP contribution >= 0.6 is 0 Å². The zero-order chi connectivity index (χ0) is 13.0. The lowest BCUT2D eigenvalue weighted by atomic mass is 9.75. The molecule has 1 saturated carbocycles. The van der Waals surface area contributed by atoms with Crippen LogP contribution in [0.25, 0.3) is 0 Å². The molecule has 2 aliphatic rings. The third-order valence-corrected chi connectivity index (χ3v) is 5.17. The summed E-state index contributed by atoms with van der Waals surface area (Å²) in [5.74, 6) is 0.908. The van der Waals surface area contributed by atoms with E-state index in [0.29, 0.717) is 5.54 Å². The van der Waals surface area contributed by atoms with Crippen LogP contribution in [0.5, 0.6) is 0 Å². The Hall–Kier alpha value is -0.120. The van der Waals surface area contributed by atoms with Crippen molar-refractivity contribution < 1.29 is 0 Å². The van der Waals surface area contributed by atoms with Gasteiger partial charge in [-0.2, -0.15) is 0 Å². The van der Waals surface area contributed by atoms with E-state index in [2.05, 4.69) is 23.6 Å². The molecule has 1 heterocycles. The van der Waals surface area contributed by atoms with E-state index in [1.165, 1.54) is 64.8 Å². The zero-order valence-electron chi connectivity index (χ0n) is 12.3. The fourth-order valence-corrected chi connectivity index (χ4v) is 3.71. The summed E-state index contributed by atoms with van der Waals surface area (Å²) in [7, 11) is 0. The Morgan fingerprint density at radius 1 is 1.11 bits per heavy atom. The number of nitrogens with two attached hydrogens (primary N) is 1. The summed E-state index contributed by atoms with van der Waals surface area (Å²) in [4.78, 5) is 5.32. The van der Waals surface area contributed by atoms with Gasteiger partial charge in [0.1, 0.15) is 0 Å². The maximum absolute atomic E-state index is 6.15. The van der Waals surface area contributed by atoms with Gasteiger partial charge in [0.25, 0.3) is 0 Å². The van der Waals surface area contributed by atoms with Crippen LogP contribution in [0.3, 0.4) is 0 Å². The Morgan fingerprint density at radius 3 is 2.22 bits per heavy atom. The summed E-state index contributed by atoms with van der Waals surface area (Å²) in [6.07, 6.45) is 6.65. The zero-order valence-corrected chi connectivity index (χ0v) is 12.3. The molecular formula is C15H31N3. The lowest BCUT2D eigenvalue weighted by Crippen LogP contribution is -2.61. The third kappa shape index (κ3) is 3.06. The highest BCUT2D eigenvalue weighted by Gasteiger charge is 2.39. The number of piperazine rings is 1. The van der Waals surface area contributed by atoms with E-state index < -0.39 is 0 Å². The Bertz CT molecular complexity index is 238. The summed E-state index contributed by atoms with van der Waals surface area (Å²) in [5, 5.41) is 0. The molecule has 106 valence electrons. The maximum atomic E-state index is 6.15. The first-order chi connectivity index (χ1) is 8.70. The molecule has 18 heavy (non-hydrogen) atoms. The first kappa shape index (κ1) is 14.3. The molecule has 0 radical (unpaired) electrons. The van der Waals surface area contributed by atoms with Crippen molar-refractivity contribution in [1.29, 1.82) is 0 Å². The molecule has 1 aliphatic heterocycles. The molecule has 2 fully saturated rings. The molecule has 0 bridgehead atoms. The largest absolute Gasteiger partial charge is 0.329 e. The Labute approximate surface area is 113 Å². The van der Waals surface area contributed by atoms with Gasteiger partial charge in [0.15, 0.2) is 0 Å². The van der Waals surface area contributed by atoms with Gasteiger partial charge in [-0.1, -0.05) is 13.8 Å². The molecule has 0 amide bonds. The van der Waals surface area contributed by atoms with Crippen LogP contribution in [0.1, 0.15) is 46.0 Å². The average molecular weight is 253 g/mol. The molecule has 2 rings (SSSR count). The molecule has 0 aromatic heterocycles. The fourth-order valence-electron chi connectivity index (χ4n) is 3.71. The quantitative estimate of drug-likeness (QED) is 0.831. The van der Waals surface area contributed by atoms with Crippen LogP contribution in [0, 0.1) is 5.92 Å². The van der Waals surface area contributed by atoms with Crippen molar-refractivity contribution in [2.75, 3.05) is 39.3 Å². The monoisotopic (exact) mass is 253 g/mol. The first-order valence-electron chi connectivity index (χ1n) is 7.87. The van der Waals surface area contributed by atoms with Gasteiger partial charge in [0, 0.05) is 38.3 Å². The summed E-state index contributed by atoms with van der Waals surface area (Å²) < 4.78 is 0. The van der Waals surface area contributed by atoms with Gasteiger partial charge in [0.2, 0.25) is 0 Å². The minimum Gasteiger partial charge on any atom is -0.329 e. The van der Waals surface area contributed by atoms with Gasteiger partial charge in [0.05, 0.1) is 0 Å². The van der Waals surface area contributed by atoms with Crippen molar-refractivity contribution in [3.8, 4) is 0 Å². The second-order valence-electron chi connectivity index (χ2n) is 6.44. The van der Waals surface area contributed by atoms with E-state index >= 15 is 0 Å². The second-order valence-corrected chi connectivity index (χ2v) is 6.44. The molecular weight excluding hydrogens is 222 g/mol. The Morgan fingerprint density at radius 2 is 1.72 bits per heavy atom. The summed E-state index contributed by atoms with van der Waals surface area (Å²) in [5.41, 5.74) is 6.49. The number of rotatable bonds is 4. The normalized spacial score (nSPS) is 35.8. The highest BCUT2D eigenvalue weighted by molar-refractivity contribution is 4.97. The van der Waals surface area contributed by atoms with Crippen molar-refractivity contribution in [2.24, 2.45) is 11.7 Å². The minimum atomic E-state index is 0.338. The third-order valence-electron chi connectivity index (χ3n) is 5.17. The summed E-state index contributed by atoms with van der Waals surface area (Å²) in [6.45, 7) is 11.7. The van der Waals surface area contributed by atoms with E-state index in [-0.39, 0.29) is 0 Å². The van der Waals surface area contributed by atoms with E-state index in [0.717, 1.165) is 12.5 Å². The van der Waals surface area contributed by atoms with Crippen molar-refractivity contribution in [3.63, 3.8) is 0 Å². The smallest absolute Gasteiger partial charge is 0.0333 e. The van der Waals surface area contributed by atoms with Gasteiger partial charge in [-0.15, -0.1) is 0 Å². The molecule has 0 unspecified atom stereocenters. The summed E-state index contributed by atoms with van der Waals surface area (Å²) >= 11 is 0. The fraction of sp³-hybridized carbons (Fsp3) is 1.00.